The van der Waals surface area contributed by atoms with E-state index in [2.05, 4.69) is 0 Å². The van der Waals surface area contributed by atoms with Crippen molar-refractivity contribution in [2.75, 3.05) is 27.3 Å². The summed E-state index contributed by atoms with van der Waals surface area (Å²) in [6.07, 6.45) is 0. The first-order chi connectivity index (χ1) is 8.88. The fraction of sp³-hybridized carbons (Fsp3) is 0.545. The van der Waals surface area contributed by atoms with Crippen LogP contribution in [0.3, 0.4) is 0 Å². The number of nitro groups is 1. The van der Waals surface area contributed by atoms with Gasteiger partial charge in [0.05, 0.1) is 19.0 Å². The van der Waals surface area contributed by atoms with Crippen LogP contribution in [0.25, 0.3) is 0 Å². The first kappa shape index (κ1) is 15.5. The van der Waals surface area contributed by atoms with Gasteiger partial charge in [0.15, 0.2) is 5.69 Å². The number of hydrogen-bond donors (Lipinski definition) is 0. The van der Waals surface area contributed by atoms with Crippen LogP contribution in [0.5, 0.6) is 0 Å². The molecule has 0 saturated carbocycles. The Hall–Kier alpha value is -1.60. The van der Waals surface area contributed by atoms with Gasteiger partial charge in [-0.05, 0) is 11.0 Å². The van der Waals surface area contributed by atoms with Crippen LogP contribution in [0.2, 0.25) is 0 Å². The van der Waals surface area contributed by atoms with Crippen LogP contribution in [-0.4, -0.2) is 53.0 Å². The van der Waals surface area contributed by atoms with Crippen molar-refractivity contribution in [2.45, 2.75) is 5.38 Å². The molecule has 0 aliphatic carbocycles. The molecule has 1 aromatic heterocycles. The summed E-state index contributed by atoms with van der Waals surface area (Å²) in [7, 11) is 4.59. The van der Waals surface area contributed by atoms with Crippen molar-refractivity contribution in [3.8, 4) is 0 Å². The predicted molar refractivity (Wildman–Crippen MR) is 70.5 cm³/mol. The second-order valence-corrected chi connectivity index (χ2v) is 4.75. The fourth-order valence-electron chi connectivity index (χ4n) is 1.71. The average molecular weight is 290 g/mol. The lowest BCUT2D eigenvalue weighted by Gasteiger charge is -2.19. The molecule has 0 saturated heterocycles. The molecule has 1 amide bonds. The van der Waals surface area contributed by atoms with Crippen molar-refractivity contribution < 1.29 is 14.5 Å². The van der Waals surface area contributed by atoms with Crippen LogP contribution in [0.15, 0.2) is 12.1 Å². The number of halogens is 1. The van der Waals surface area contributed by atoms with Crippen molar-refractivity contribution in [3.63, 3.8) is 0 Å². The number of rotatable bonds is 6. The zero-order valence-electron chi connectivity index (χ0n) is 11.0. The first-order valence-corrected chi connectivity index (χ1v) is 6.00. The first-order valence-electron chi connectivity index (χ1n) is 5.57. The number of amides is 1. The molecule has 1 atom stereocenters. The predicted octanol–water partition coefficient (Wildman–Crippen LogP) is 1.26. The van der Waals surface area contributed by atoms with Gasteiger partial charge in [0.1, 0.15) is 0 Å². The Balaban J connectivity index is 2.80. The van der Waals surface area contributed by atoms with E-state index in [1.54, 1.807) is 7.05 Å². The highest BCUT2D eigenvalue weighted by Crippen LogP contribution is 2.16. The molecule has 0 aromatic carbocycles. The van der Waals surface area contributed by atoms with E-state index in [1.807, 2.05) is 0 Å². The molecule has 0 aliphatic heterocycles. The number of ether oxygens (including phenoxy) is 1. The van der Waals surface area contributed by atoms with Gasteiger partial charge in [-0.2, -0.15) is 0 Å². The molecule has 1 heterocycles. The summed E-state index contributed by atoms with van der Waals surface area (Å²) < 4.78 is 6.13. The Morgan fingerprint density at radius 1 is 1.63 bits per heavy atom. The van der Waals surface area contributed by atoms with Gasteiger partial charge in [-0.3, -0.25) is 4.79 Å². The summed E-state index contributed by atoms with van der Waals surface area (Å²) in [5.41, 5.74) is 0.246. The summed E-state index contributed by atoms with van der Waals surface area (Å²) in [5.74, 6) is -0.451. The SMILES string of the molecule is COCC(Cl)CN(C)C(=O)c1ccc([N+](=O)[O-])n1C. The molecule has 1 rings (SSSR count). The minimum absolute atomic E-state index is 0.129. The Morgan fingerprint density at radius 2 is 2.26 bits per heavy atom. The maximum atomic E-state index is 12.1. The molecule has 0 aliphatic rings. The third-order valence-electron chi connectivity index (χ3n) is 2.67. The van der Waals surface area contributed by atoms with Gasteiger partial charge in [-0.15, -0.1) is 11.6 Å². The third kappa shape index (κ3) is 3.68. The van der Waals surface area contributed by atoms with Crippen molar-refractivity contribution in [2.24, 2.45) is 7.05 Å². The molecule has 0 radical (unpaired) electrons. The highest BCUT2D eigenvalue weighted by atomic mass is 35.5. The normalized spacial score (nSPS) is 12.2. The van der Waals surface area contributed by atoms with Gasteiger partial charge in [-0.25, -0.2) is 4.57 Å². The maximum Gasteiger partial charge on any atom is 0.323 e. The van der Waals surface area contributed by atoms with Crippen LogP contribution >= 0.6 is 11.6 Å². The molecule has 19 heavy (non-hydrogen) atoms. The van der Waals surface area contributed by atoms with E-state index in [1.165, 1.54) is 35.8 Å². The van der Waals surface area contributed by atoms with Crippen molar-refractivity contribution in [1.82, 2.24) is 9.47 Å². The summed E-state index contributed by atoms with van der Waals surface area (Å²) in [5, 5.41) is 10.4. The molecule has 0 fully saturated rings. The van der Waals surface area contributed by atoms with Crippen molar-refractivity contribution in [1.29, 1.82) is 0 Å². The van der Waals surface area contributed by atoms with Gasteiger partial charge in [0.25, 0.3) is 5.91 Å². The van der Waals surface area contributed by atoms with Gasteiger partial charge in [0.2, 0.25) is 0 Å². The van der Waals surface area contributed by atoms with E-state index in [0.29, 0.717) is 13.2 Å². The van der Waals surface area contributed by atoms with Gasteiger partial charge in [-0.1, -0.05) is 0 Å². The molecule has 7 nitrogen and oxygen atoms in total. The summed E-state index contributed by atoms with van der Waals surface area (Å²) >= 11 is 5.97. The quantitative estimate of drug-likeness (QED) is 0.449. The molecule has 8 heteroatoms. The lowest BCUT2D eigenvalue weighted by atomic mass is 10.3. The van der Waals surface area contributed by atoms with E-state index in [-0.39, 0.29) is 22.8 Å². The summed E-state index contributed by atoms with van der Waals surface area (Å²) in [6, 6.07) is 2.73. The molecule has 0 spiro atoms. The number of nitrogens with zero attached hydrogens (tertiary/aromatic N) is 3. The summed E-state index contributed by atoms with van der Waals surface area (Å²) in [6.45, 7) is 0.625. The van der Waals surface area contributed by atoms with E-state index >= 15 is 0 Å². The van der Waals surface area contributed by atoms with Crippen molar-refractivity contribution >= 4 is 23.3 Å². The zero-order chi connectivity index (χ0) is 14.6. The second kappa shape index (κ2) is 6.53. The van der Waals surface area contributed by atoms with Crippen LogP contribution in [0.1, 0.15) is 10.5 Å². The summed E-state index contributed by atoms with van der Waals surface area (Å²) in [4.78, 5) is 23.7. The standard InChI is InChI=1S/C11H16ClN3O4/c1-13(6-8(12)7-19-3)11(16)9-4-5-10(14(9)2)15(17)18/h4-5,8H,6-7H2,1-3H3. The topological polar surface area (TPSA) is 77.6 Å². The smallest absolute Gasteiger partial charge is 0.323 e. The zero-order valence-corrected chi connectivity index (χ0v) is 11.8. The maximum absolute atomic E-state index is 12.1. The van der Waals surface area contributed by atoms with Gasteiger partial charge >= 0.3 is 5.82 Å². The molecule has 0 N–H and O–H groups in total. The van der Waals surface area contributed by atoms with Crippen LogP contribution in [-0.2, 0) is 11.8 Å². The van der Waals surface area contributed by atoms with E-state index in [0.717, 1.165) is 0 Å². The van der Waals surface area contributed by atoms with E-state index < -0.39 is 4.92 Å². The number of methoxy groups -OCH3 is 1. The number of alkyl halides is 1. The minimum Gasteiger partial charge on any atom is -0.383 e. The monoisotopic (exact) mass is 289 g/mol. The highest BCUT2D eigenvalue weighted by molar-refractivity contribution is 6.21. The Bertz CT molecular complexity index is 475. The number of aromatic nitrogens is 1. The average Bonchev–Trinajstić information content (AvgIpc) is 2.70. The highest BCUT2D eigenvalue weighted by Gasteiger charge is 2.24. The van der Waals surface area contributed by atoms with Gasteiger partial charge < -0.3 is 19.8 Å². The number of carbonyl (C=O) groups is 1. The molecular weight excluding hydrogens is 274 g/mol. The van der Waals surface area contributed by atoms with E-state index in [4.69, 9.17) is 16.3 Å². The Kier molecular flexibility index (Phi) is 5.31. The molecule has 106 valence electrons. The third-order valence-corrected chi connectivity index (χ3v) is 2.93. The fourth-order valence-corrected chi connectivity index (χ4v) is 2.04. The van der Waals surface area contributed by atoms with Gasteiger partial charge in [0, 0.05) is 26.8 Å². The lowest BCUT2D eigenvalue weighted by molar-refractivity contribution is -0.391. The van der Waals surface area contributed by atoms with E-state index in [9.17, 15) is 14.9 Å². The van der Waals surface area contributed by atoms with Crippen molar-refractivity contribution in [3.05, 3.63) is 27.9 Å². The number of hydrogen-bond acceptors (Lipinski definition) is 4. The molecular formula is C11H16ClN3O4. The lowest BCUT2D eigenvalue weighted by Crippen LogP contribution is -2.34. The Labute approximate surface area is 115 Å². The number of carbonyl (C=O) groups excluding carboxylic acids is 1. The van der Waals surface area contributed by atoms with Crippen LogP contribution in [0.4, 0.5) is 5.82 Å². The Morgan fingerprint density at radius 3 is 2.74 bits per heavy atom. The van der Waals surface area contributed by atoms with Crippen LogP contribution < -0.4 is 0 Å². The minimum atomic E-state index is -0.536. The largest absolute Gasteiger partial charge is 0.383 e. The molecule has 1 unspecified atom stereocenters. The van der Waals surface area contributed by atoms with Crippen LogP contribution in [0, 0.1) is 10.1 Å². The molecule has 1 aromatic rings. The molecule has 0 bridgehead atoms. The second-order valence-electron chi connectivity index (χ2n) is 4.13.